The van der Waals surface area contributed by atoms with Gasteiger partial charge in [-0.25, -0.2) is 12.7 Å². The number of piperidine rings is 1. The van der Waals surface area contributed by atoms with Crippen LogP contribution in [-0.4, -0.2) is 37.5 Å². The van der Waals surface area contributed by atoms with Gasteiger partial charge < -0.3 is 5.32 Å². The van der Waals surface area contributed by atoms with Crippen molar-refractivity contribution in [3.63, 3.8) is 0 Å². The van der Waals surface area contributed by atoms with Crippen LogP contribution in [0.1, 0.15) is 45.1 Å². The smallest absolute Gasteiger partial charge is 0.228 e. The summed E-state index contributed by atoms with van der Waals surface area (Å²) in [5.74, 6) is 0.0200. The van der Waals surface area contributed by atoms with Crippen molar-refractivity contribution in [2.75, 3.05) is 24.2 Å². The molecule has 1 atom stereocenters. The molecule has 1 amide bonds. The van der Waals surface area contributed by atoms with Gasteiger partial charge in [-0.1, -0.05) is 32.0 Å². The van der Waals surface area contributed by atoms with E-state index >= 15 is 0 Å². The number of nitrogens with one attached hydrogen (secondary N) is 1. The van der Waals surface area contributed by atoms with Crippen molar-refractivity contribution >= 4 is 21.6 Å². The zero-order chi connectivity index (χ0) is 17.0. The van der Waals surface area contributed by atoms with Crippen molar-refractivity contribution in [2.45, 2.75) is 39.5 Å². The zero-order valence-corrected chi connectivity index (χ0v) is 14.9. The van der Waals surface area contributed by atoms with Crippen LogP contribution in [0.15, 0.2) is 24.3 Å². The average Bonchev–Trinajstić information content (AvgIpc) is 2.55. The lowest BCUT2D eigenvalue weighted by molar-refractivity contribution is -0.120. The molecule has 0 aromatic heterocycles. The minimum Gasteiger partial charge on any atom is -0.326 e. The molecule has 23 heavy (non-hydrogen) atoms. The molecular weight excluding hydrogens is 312 g/mol. The van der Waals surface area contributed by atoms with E-state index in [1.54, 1.807) is 6.92 Å². The Morgan fingerprint density at radius 2 is 2.04 bits per heavy atom. The molecule has 128 valence electrons. The second-order valence-corrected chi connectivity index (χ2v) is 8.59. The highest BCUT2D eigenvalue weighted by molar-refractivity contribution is 7.89. The number of amides is 1. The van der Waals surface area contributed by atoms with Gasteiger partial charge in [0.25, 0.3) is 0 Å². The molecular formula is C17H26N2O3S. The standard InChI is InChI=1S/C17H26N2O3S/c1-4-23(21,22)19-11-7-8-14(12-19)17(20)18-16-10-6-5-9-15(16)13(2)3/h5-6,9-10,13-14H,4,7-8,11-12H2,1-3H3,(H,18,20)/t14-/m1/s1. The average molecular weight is 338 g/mol. The van der Waals surface area contributed by atoms with Crippen LogP contribution in [0.3, 0.4) is 0 Å². The molecule has 0 bridgehead atoms. The Morgan fingerprint density at radius 3 is 2.70 bits per heavy atom. The first-order chi connectivity index (χ1) is 10.8. The molecule has 1 heterocycles. The van der Waals surface area contributed by atoms with E-state index in [0.717, 1.165) is 24.1 Å². The van der Waals surface area contributed by atoms with E-state index in [4.69, 9.17) is 0 Å². The molecule has 0 saturated carbocycles. The summed E-state index contributed by atoms with van der Waals surface area (Å²) in [6.45, 7) is 6.61. The molecule has 1 aromatic carbocycles. The maximum absolute atomic E-state index is 12.6. The van der Waals surface area contributed by atoms with Gasteiger partial charge in [-0.2, -0.15) is 0 Å². The summed E-state index contributed by atoms with van der Waals surface area (Å²) in [7, 11) is -3.23. The number of hydrogen-bond donors (Lipinski definition) is 1. The number of benzene rings is 1. The van der Waals surface area contributed by atoms with E-state index in [-0.39, 0.29) is 24.1 Å². The topological polar surface area (TPSA) is 66.5 Å². The van der Waals surface area contributed by atoms with E-state index in [1.165, 1.54) is 4.31 Å². The lowest BCUT2D eigenvalue weighted by Gasteiger charge is -2.31. The van der Waals surface area contributed by atoms with Crippen molar-refractivity contribution in [1.82, 2.24) is 4.31 Å². The van der Waals surface area contributed by atoms with Crippen molar-refractivity contribution in [3.05, 3.63) is 29.8 Å². The molecule has 0 aliphatic carbocycles. The lowest BCUT2D eigenvalue weighted by Crippen LogP contribution is -2.44. The van der Waals surface area contributed by atoms with Crippen molar-refractivity contribution in [2.24, 2.45) is 5.92 Å². The third kappa shape index (κ3) is 4.32. The molecule has 0 unspecified atom stereocenters. The summed E-state index contributed by atoms with van der Waals surface area (Å²) < 4.78 is 25.5. The van der Waals surface area contributed by atoms with Crippen molar-refractivity contribution in [1.29, 1.82) is 0 Å². The molecule has 1 aliphatic rings. The van der Waals surface area contributed by atoms with Crippen LogP contribution in [0, 0.1) is 5.92 Å². The third-order valence-electron chi connectivity index (χ3n) is 4.35. The Morgan fingerprint density at radius 1 is 1.35 bits per heavy atom. The van der Waals surface area contributed by atoms with Crippen LogP contribution >= 0.6 is 0 Å². The van der Waals surface area contributed by atoms with Gasteiger partial charge >= 0.3 is 0 Å². The Hall–Kier alpha value is -1.40. The van der Waals surface area contributed by atoms with Gasteiger partial charge in [0.05, 0.1) is 11.7 Å². The largest absolute Gasteiger partial charge is 0.326 e. The minimum atomic E-state index is -3.23. The van der Waals surface area contributed by atoms with E-state index < -0.39 is 10.0 Å². The molecule has 6 heteroatoms. The molecule has 1 N–H and O–H groups in total. The van der Waals surface area contributed by atoms with Crippen LogP contribution in [0.4, 0.5) is 5.69 Å². The number of anilines is 1. The van der Waals surface area contributed by atoms with E-state index in [9.17, 15) is 13.2 Å². The molecule has 5 nitrogen and oxygen atoms in total. The van der Waals surface area contributed by atoms with Gasteiger partial charge in [-0.3, -0.25) is 4.79 Å². The zero-order valence-electron chi connectivity index (χ0n) is 14.1. The number of nitrogens with zero attached hydrogens (tertiary/aromatic N) is 1. The number of carbonyl (C=O) groups is 1. The fourth-order valence-electron chi connectivity index (χ4n) is 2.94. The van der Waals surface area contributed by atoms with Crippen LogP contribution < -0.4 is 5.32 Å². The highest BCUT2D eigenvalue weighted by Gasteiger charge is 2.31. The summed E-state index contributed by atoms with van der Waals surface area (Å²) in [4.78, 5) is 12.6. The summed E-state index contributed by atoms with van der Waals surface area (Å²) in [6, 6.07) is 7.77. The Balaban J connectivity index is 2.09. The fraction of sp³-hybridized carbons (Fsp3) is 0.588. The molecule has 1 fully saturated rings. The van der Waals surface area contributed by atoms with Crippen LogP contribution in [0.2, 0.25) is 0 Å². The number of hydrogen-bond acceptors (Lipinski definition) is 3. The molecule has 1 aliphatic heterocycles. The maximum Gasteiger partial charge on any atom is 0.228 e. The van der Waals surface area contributed by atoms with Crippen LogP contribution in [0.25, 0.3) is 0 Å². The van der Waals surface area contributed by atoms with E-state index in [2.05, 4.69) is 19.2 Å². The second kappa shape index (κ2) is 7.45. The highest BCUT2D eigenvalue weighted by Crippen LogP contribution is 2.26. The molecule has 0 radical (unpaired) electrons. The van der Waals surface area contributed by atoms with E-state index in [0.29, 0.717) is 12.5 Å². The number of para-hydroxylation sites is 1. The SMILES string of the molecule is CCS(=O)(=O)N1CCC[C@@H](C(=O)Nc2ccccc2C(C)C)C1. The predicted octanol–water partition coefficient (Wildman–Crippen LogP) is 2.81. The fourth-order valence-corrected chi connectivity index (χ4v) is 4.12. The van der Waals surface area contributed by atoms with Gasteiger partial charge in [0.1, 0.15) is 0 Å². The Kier molecular flexibility index (Phi) is 5.81. The maximum atomic E-state index is 12.6. The van der Waals surface area contributed by atoms with E-state index in [1.807, 2.05) is 24.3 Å². The minimum absolute atomic E-state index is 0.0809. The van der Waals surface area contributed by atoms with Gasteiger partial charge in [-0.15, -0.1) is 0 Å². The number of rotatable bonds is 5. The van der Waals surface area contributed by atoms with Crippen LogP contribution in [0.5, 0.6) is 0 Å². The molecule has 1 saturated heterocycles. The second-order valence-electron chi connectivity index (χ2n) is 6.33. The molecule has 0 spiro atoms. The lowest BCUT2D eigenvalue weighted by atomic mass is 9.97. The van der Waals surface area contributed by atoms with Crippen LogP contribution in [-0.2, 0) is 14.8 Å². The first-order valence-electron chi connectivity index (χ1n) is 8.22. The summed E-state index contributed by atoms with van der Waals surface area (Å²) >= 11 is 0. The normalized spacial score (nSPS) is 19.7. The Bertz CT molecular complexity index is 656. The predicted molar refractivity (Wildman–Crippen MR) is 92.9 cm³/mol. The Labute approximate surface area is 139 Å². The van der Waals surface area contributed by atoms with Crippen molar-refractivity contribution in [3.8, 4) is 0 Å². The van der Waals surface area contributed by atoms with Crippen molar-refractivity contribution < 1.29 is 13.2 Å². The quantitative estimate of drug-likeness (QED) is 0.898. The monoisotopic (exact) mass is 338 g/mol. The van der Waals surface area contributed by atoms with Gasteiger partial charge in [-0.05, 0) is 37.3 Å². The molecule has 1 aromatic rings. The third-order valence-corrected chi connectivity index (χ3v) is 6.20. The summed E-state index contributed by atoms with van der Waals surface area (Å²) in [6.07, 6.45) is 1.45. The number of sulfonamides is 1. The highest BCUT2D eigenvalue weighted by atomic mass is 32.2. The van der Waals surface area contributed by atoms with Gasteiger partial charge in [0.2, 0.25) is 15.9 Å². The first kappa shape index (κ1) is 17.9. The van der Waals surface area contributed by atoms with Gasteiger partial charge in [0, 0.05) is 18.8 Å². The number of carbonyl (C=O) groups excluding carboxylic acids is 1. The summed E-state index contributed by atoms with van der Waals surface area (Å²) in [5.41, 5.74) is 1.91. The summed E-state index contributed by atoms with van der Waals surface area (Å²) in [5, 5.41) is 2.99. The van der Waals surface area contributed by atoms with Gasteiger partial charge in [0.15, 0.2) is 0 Å². The molecule has 2 rings (SSSR count). The first-order valence-corrected chi connectivity index (χ1v) is 9.83.